The van der Waals surface area contributed by atoms with Gasteiger partial charge in [0.15, 0.2) is 5.11 Å². The molecule has 0 aromatic rings. The lowest BCUT2D eigenvalue weighted by Crippen LogP contribution is -2.38. The van der Waals surface area contributed by atoms with Gasteiger partial charge in [-0.05, 0) is 25.6 Å². The summed E-state index contributed by atoms with van der Waals surface area (Å²) in [5.74, 6) is 0.0568. The number of rotatable bonds is 7. The Balaban J connectivity index is 3.34. The number of hydrogen-bond donors (Lipinski definition) is 3. The molecule has 0 unspecified atom stereocenters. The summed E-state index contributed by atoms with van der Waals surface area (Å²) in [7, 11) is 0. The molecule has 0 bridgehead atoms. The molecule has 0 aliphatic carbocycles. The summed E-state index contributed by atoms with van der Waals surface area (Å²) in [5, 5.41) is 9.43. The van der Waals surface area contributed by atoms with E-state index in [1.807, 2.05) is 6.92 Å². The molecule has 88 valence electrons. The maximum Gasteiger partial charge on any atom is 0.221 e. The molecule has 0 fully saturated rings. The molecule has 15 heavy (non-hydrogen) atoms. The van der Waals surface area contributed by atoms with Crippen LogP contribution in [0.5, 0.6) is 0 Å². The average molecular weight is 231 g/mol. The summed E-state index contributed by atoms with van der Waals surface area (Å²) in [5.41, 5.74) is 0. The minimum atomic E-state index is 0.0568. The Bertz CT molecular complexity index is 197. The second kappa shape index (κ2) is 9.71. The zero-order valence-electron chi connectivity index (χ0n) is 9.56. The lowest BCUT2D eigenvalue weighted by atomic mass is 10.3. The third kappa shape index (κ3) is 9.46. The van der Waals surface area contributed by atoms with Crippen molar-refractivity contribution in [1.82, 2.24) is 16.0 Å². The van der Waals surface area contributed by atoms with E-state index in [4.69, 9.17) is 12.2 Å². The van der Waals surface area contributed by atoms with Crippen LogP contribution >= 0.6 is 12.2 Å². The number of carbonyl (C=O) groups excluding carboxylic acids is 1. The first-order valence-corrected chi connectivity index (χ1v) is 5.89. The van der Waals surface area contributed by atoms with Crippen LogP contribution in [0.3, 0.4) is 0 Å². The van der Waals surface area contributed by atoms with Crippen molar-refractivity contribution in [3.63, 3.8) is 0 Å². The molecule has 0 rings (SSSR count). The zero-order valence-corrected chi connectivity index (χ0v) is 10.4. The van der Waals surface area contributed by atoms with E-state index in [1.54, 1.807) is 0 Å². The Labute approximate surface area is 97.2 Å². The van der Waals surface area contributed by atoms with Crippen LogP contribution in [0, 0.1) is 0 Å². The summed E-state index contributed by atoms with van der Waals surface area (Å²) in [6.07, 6.45) is 2.72. The smallest absolute Gasteiger partial charge is 0.221 e. The van der Waals surface area contributed by atoms with Gasteiger partial charge in [0.25, 0.3) is 0 Å². The van der Waals surface area contributed by atoms with Crippen LogP contribution in [-0.4, -0.2) is 30.7 Å². The van der Waals surface area contributed by atoms with Crippen molar-refractivity contribution in [2.24, 2.45) is 0 Å². The van der Waals surface area contributed by atoms with Crippen LogP contribution in [0.1, 0.15) is 33.1 Å². The van der Waals surface area contributed by atoms with E-state index in [9.17, 15) is 4.79 Å². The minimum Gasteiger partial charge on any atom is -0.363 e. The zero-order chi connectivity index (χ0) is 11.5. The third-order valence-corrected chi connectivity index (χ3v) is 2.12. The number of unbranched alkanes of at least 4 members (excludes halogenated alkanes) is 1. The Morgan fingerprint density at radius 1 is 1.13 bits per heavy atom. The van der Waals surface area contributed by atoms with Crippen LogP contribution in [0.25, 0.3) is 0 Å². The van der Waals surface area contributed by atoms with E-state index in [1.165, 1.54) is 0 Å². The molecule has 5 heteroatoms. The van der Waals surface area contributed by atoms with E-state index in [2.05, 4.69) is 22.9 Å². The summed E-state index contributed by atoms with van der Waals surface area (Å²) in [6.45, 7) is 6.20. The van der Waals surface area contributed by atoms with Gasteiger partial charge in [0.1, 0.15) is 0 Å². The van der Waals surface area contributed by atoms with Gasteiger partial charge in [-0.2, -0.15) is 0 Å². The van der Waals surface area contributed by atoms with E-state index in [-0.39, 0.29) is 5.91 Å². The average Bonchev–Trinajstić information content (AvgIpc) is 2.18. The molecule has 0 aliphatic heterocycles. The Hall–Kier alpha value is -0.840. The highest BCUT2D eigenvalue weighted by Gasteiger charge is 1.99. The SMILES string of the molecule is CCCCNC(=S)NCCC(=O)NCC. The lowest BCUT2D eigenvalue weighted by Gasteiger charge is -2.09. The van der Waals surface area contributed by atoms with Gasteiger partial charge in [0.2, 0.25) is 5.91 Å². The fraction of sp³-hybridized carbons (Fsp3) is 0.800. The van der Waals surface area contributed by atoms with Crippen molar-refractivity contribution in [3.8, 4) is 0 Å². The highest BCUT2D eigenvalue weighted by atomic mass is 32.1. The molecular weight excluding hydrogens is 210 g/mol. The minimum absolute atomic E-state index is 0.0568. The molecule has 4 nitrogen and oxygen atoms in total. The van der Waals surface area contributed by atoms with Gasteiger partial charge < -0.3 is 16.0 Å². The topological polar surface area (TPSA) is 53.2 Å². The van der Waals surface area contributed by atoms with Gasteiger partial charge >= 0.3 is 0 Å². The normalized spacial score (nSPS) is 9.47. The first kappa shape index (κ1) is 14.2. The molecular formula is C10H21N3OS. The highest BCUT2D eigenvalue weighted by molar-refractivity contribution is 7.80. The Morgan fingerprint density at radius 3 is 2.40 bits per heavy atom. The quantitative estimate of drug-likeness (QED) is 0.448. The molecule has 0 radical (unpaired) electrons. The second-order valence-electron chi connectivity index (χ2n) is 3.24. The molecule has 0 saturated heterocycles. The second-order valence-corrected chi connectivity index (χ2v) is 3.65. The summed E-state index contributed by atoms with van der Waals surface area (Å²) < 4.78 is 0. The van der Waals surface area contributed by atoms with Gasteiger partial charge in [-0.15, -0.1) is 0 Å². The monoisotopic (exact) mass is 231 g/mol. The number of amides is 1. The standard InChI is InChI=1S/C10H21N3OS/c1-3-5-7-12-10(15)13-8-6-9(14)11-4-2/h3-8H2,1-2H3,(H,11,14)(H2,12,13,15). The van der Waals surface area contributed by atoms with Gasteiger partial charge in [-0.25, -0.2) is 0 Å². The van der Waals surface area contributed by atoms with E-state index in [0.29, 0.717) is 24.6 Å². The Morgan fingerprint density at radius 2 is 1.80 bits per heavy atom. The Kier molecular flexibility index (Phi) is 9.16. The van der Waals surface area contributed by atoms with Gasteiger partial charge in [-0.3, -0.25) is 4.79 Å². The number of hydrogen-bond acceptors (Lipinski definition) is 2. The molecule has 1 amide bonds. The highest BCUT2D eigenvalue weighted by Crippen LogP contribution is 1.82. The fourth-order valence-electron chi connectivity index (χ4n) is 1.02. The molecule has 0 spiro atoms. The van der Waals surface area contributed by atoms with Crippen molar-refractivity contribution in [1.29, 1.82) is 0 Å². The molecule has 0 heterocycles. The summed E-state index contributed by atoms with van der Waals surface area (Å²) in [4.78, 5) is 11.1. The molecule has 0 aliphatic rings. The first-order chi connectivity index (χ1) is 7.20. The molecule has 0 saturated carbocycles. The van der Waals surface area contributed by atoms with Crippen molar-refractivity contribution in [3.05, 3.63) is 0 Å². The van der Waals surface area contributed by atoms with Crippen molar-refractivity contribution in [2.45, 2.75) is 33.1 Å². The molecule has 0 aromatic heterocycles. The van der Waals surface area contributed by atoms with Crippen LogP contribution in [-0.2, 0) is 4.79 Å². The van der Waals surface area contributed by atoms with Crippen LogP contribution in [0.4, 0.5) is 0 Å². The van der Waals surface area contributed by atoms with Gasteiger partial charge in [0, 0.05) is 26.1 Å². The van der Waals surface area contributed by atoms with Crippen molar-refractivity contribution < 1.29 is 4.79 Å². The number of thiocarbonyl (C=S) groups is 1. The number of carbonyl (C=O) groups is 1. The van der Waals surface area contributed by atoms with Crippen molar-refractivity contribution in [2.75, 3.05) is 19.6 Å². The van der Waals surface area contributed by atoms with Gasteiger partial charge in [-0.1, -0.05) is 13.3 Å². The summed E-state index contributed by atoms with van der Waals surface area (Å²) in [6, 6.07) is 0. The predicted octanol–water partition coefficient (Wildman–Crippen LogP) is 0.777. The largest absolute Gasteiger partial charge is 0.363 e. The lowest BCUT2D eigenvalue weighted by molar-refractivity contribution is -0.120. The predicted molar refractivity (Wildman–Crippen MR) is 66.8 cm³/mol. The van der Waals surface area contributed by atoms with E-state index >= 15 is 0 Å². The van der Waals surface area contributed by atoms with E-state index < -0.39 is 0 Å². The maximum atomic E-state index is 11.1. The molecule has 0 aromatic carbocycles. The van der Waals surface area contributed by atoms with Crippen LogP contribution in [0.15, 0.2) is 0 Å². The maximum absolute atomic E-state index is 11.1. The number of nitrogens with one attached hydrogen (secondary N) is 3. The van der Waals surface area contributed by atoms with E-state index in [0.717, 1.165) is 19.4 Å². The van der Waals surface area contributed by atoms with Gasteiger partial charge in [0.05, 0.1) is 0 Å². The molecule has 3 N–H and O–H groups in total. The third-order valence-electron chi connectivity index (χ3n) is 1.83. The summed E-state index contributed by atoms with van der Waals surface area (Å²) >= 11 is 5.03. The van der Waals surface area contributed by atoms with Crippen molar-refractivity contribution >= 4 is 23.2 Å². The van der Waals surface area contributed by atoms with Crippen LogP contribution in [0.2, 0.25) is 0 Å². The van der Waals surface area contributed by atoms with Crippen LogP contribution < -0.4 is 16.0 Å². The first-order valence-electron chi connectivity index (χ1n) is 5.49. The molecule has 0 atom stereocenters. The fourth-order valence-corrected chi connectivity index (χ4v) is 1.22.